The van der Waals surface area contributed by atoms with E-state index in [9.17, 15) is 19.7 Å². The third kappa shape index (κ3) is 6.19. The number of carbonyl (C=O) groups is 2. The SMILES string of the molecule is COCCNc1ccc(C(=O)OCC(=O)N[C@H]2CCCC[C@H]2C)cc1[N+](=O)[O-]. The van der Waals surface area contributed by atoms with E-state index in [0.717, 1.165) is 31.7 Å². The molecule has 1 fully saturated rings. The highest BCUT2D eigenvalue weighted by Gasteiger charge is 2.24. The molecule has 28 heavy (non-hydrogen) atoms. The zero-order chi connectivity index (χ0) is 20.5. The van der Waals surface area contributed by atoms with Crippen LogP contribution in [-0.2, 0) is 14.3 Å². The minimum atomic E-state index is -0.779. The fourth-order valence-corrected chi connectivity index (χ4v) is 3.24. The lowest BCUT2D eigenvalue weighted by molar-refractivity contribution is -0.384. The molecule has 0 aromatic heterocycles. The van der Waals surface area contributed by atoms with Crippen molar-refractivity contribution in [1.29, 1.82) is 0 Å². The van der Waals surface area contributed by atoms with E-state index in [1.54, 1.807) is 0 Å². The van der Waals surface area contributed by atoms with Crippen molar-refractivity contribution < 1.29 is 24.0 Å². The number of ether oxygens (including phenoxy) is 2. The molecule has 0 bridgehead atoms. The maximum atomic E-state index is 12.2. The van der Waals surface area contributed by atoms with Gasteiger partial charge in [-0.25, -0.2) is 4.79 Å². The Kier molecular flexibility index (Phi) is 8.19. The number of nitro groups is 1. The second-order valence-corrected chi connectivity index (χ2v) is 6.92. The molecule has 2 atom stereocenters. The van der Waals surface area contributed by atoms with E-state index in [2.05, 4.69) is 17.6 Å². The third-order valence-electron chi connectivity index (χ3n) is 4.84. The van der Waals surface area contributed by atoms with Gasteiger partial charge in [-0.2, -0.15) is 0 Å². The molecule has 154 valence electrons. The number of anilines is 1. The van der Waals surface area contributed by atoms with Crippen LogP contribution in [0.5, 0.6) is 0 Å². The first-order valence-electron chi connectivity index (χ1n) is 9.40. The summed E-state index contributed by atoms with van der Waals surface area (Å²) in [6.45, 7) is 2.46. The Balaban J connectivity index is 1.92. The quantitative estimate of drug-likeness (QED) is 0.286. The van der Waals surface area contributed by atoms with Gasteiger partial charge in [0.1, 0.15) is 5.69 Å². The largest absolute Gasteiger partial charge is 0.452 e. The Bertz CT molecular complexity index is 709. The molecule has 0 saturated heterocycles. The molecule has 1 amide bonds. The summed E-state index contributed by atoms with van der Waals surface area (Å²) >= 11 is 0. The summed E-state index contributed by atoms with van der Waals surface area (Å²) in [7, 11) is 1.53. The molecule has 2 rings (SSSR count). The van der Waals surface area contributed by atoms with Gasteiger partial charge >= 0.3 is 5.97 Å². The standard InChI is InChI=1S/C19H27N3O6/c1-13-5-3-4-6-15(13)21-18(23)12-28-19(24)14-7-8-16(20-9-10-27-2)17(11-14)22(25)26/h7-8,11,13,15,20H,3-6,9-10,12H2,1-2H3,(H,21,23)/t13-,15+/m1/s1. The molecular formula is C19H27N3O6. The Labute approximate surface area is 163 Å². The number of rotatable bonds is 9. The van der Waals surface area contributed by atoms with Crippen molar-refractivity contribution in [3.63, 3.8) is 0 Å². The Morgan fingerprint density at radius 1 is 1.29 bits per heavy atom. The number of methoxy groups -OCH3 is 1. The highest BCUT2D eigenvalue weighted by atomic mass is 16.6. The van der Waals surface area contributed by atoms with E-state index < -0.39 is 17.5 Å². The van der Waals surface area contributed by atoms with Gasteiger partial charge in [-0.15, -0.1) is 0 Å². The molecule has 0 unspecified atom stereocenters. The van der Waals surface area contributed by atoms with Gasteiger partial charge in [0, 0.05) is 25.8 Å². The van der Waals surface area contributed by atoms with Gasteiger partial charge in [0.15, 0.2) is 6.61 Å². The number of amides is 1. The highest BCUT2D eigenvalue weighted by Crippen LogP contribution is 2.26. The predicted octanol–water partition coefficient (Wildman–Crippen LogP) is 2.50. The van der Waals surface area contributed by atoms with E-state index >= 15 is 0 Å². The number of esters is 1. The van der Waals surface area contributed by atoms with Crippen molar-refractivity contribution in [3.8, 4) is 0 Å². The molecule has 1 saturated carbocycles. The van der Waals surface area contributed by atoms with Gasteiger partial charge in [0.05, 0.1) is 17.1 Å². The Morgan fingerprint density at radius 2 is 2.04 bits per heavy atom. The van der Waals surface area contributed by atoms with Gasteiger partial charge < -0.3 is 20.1 Å². The van der Waals surface area contributed by atoms with Crippen LogP contribution in [0.1, 0.15) is 43.0 Å². The van der Waals surface area contributed by atoms with Crippen LogP contribution in [0.2, 0.25) is 0 Å². The van der Waals surface area contributed by atoms with E-state index in [1.165, 1.54) is 19.2 Å². The van der Waals surface area contributed by atoms with Crippen molar-refractivity contribution in [1.82, 2.24) is 5.32 Å². The number of carbonyl (C=O) groups excluding carboxylic acids is 2. The average molecular weight is 393 g/mol. The van der Waals surface area contributed by atoms with Crippen LogP contribution < -0.4 is 10.6 Å². The lowest BCUT2D eigenvalue weighted by atomic mass is 9.86. The van der Waals surface area contributed by atoms with Crippen molar-refractivity contribution in [2.45, 2.75) is 38.6 Å². The van der Waals surface area contributed by atoms with Crippen molar-refractivity contribution in [2.24, 2.45) is 5.92 Å². The zero-order valence-corrected chi connectivity index (χ0v) is 16.2. The minimum absolute atomic E-state index is 0.0165. The molecule has 9 nitrogen and oxygen atoms in total. The second-order valence-electron chi connectivity index (χ2n) is 6.92. The van der Waals surface area contributed by atoms with Gasteiger partial charge in [0.25, 0.3) is 11.6 Å². The van der Waals surface area contributed by atoms with Crippen molar-refractivity contribution in [3.05, 3.63) is 33.9 Å². The lowest BCUT2D eigenvalue weighted by Gasteiger charge is -2.29. The summed E-state index contributed by atoms with van der Waals surface area (Å²) in [5.41, 5.74) is 0.0523. The van der Waals surface area contributed by atoms with Crippen LogP contribution in [0.25, 0.3) is 0 Å². The molecule has 1 aromatic rings. The van der Waals surface area contributed by atoms with Crippen LogP contribution in [-0.4, -0.2) is 49.7 Å². The average Bonchev–Trinajstić information content (AvgIpc) is 2.68. The van der Waals surface area contributed by atoms with Crippen LogP contribution in [0.15, 0.2) is 18.2 Å². The fourth-order valence-electron chi connectivity index (χ4n) is 3.24. The summed E-state index contributed by atoms with van der Waals surface area (Å²) < 4.78 is 9.92. The van der Waals surface area contributed by atoms with E-state index in [4.69, 9.17) is 9.47 Å². The van der Waals surface area contributed by atoms with Crippen molar-refractivity contribution >= 4 is 23.3 Å². The molecule has 2 N–H and O–H groups in total. The van der Waals surface area contributed by atoms with E-state index in [1.807, 2.05) is 0 Å². The molecule has 0 aliphatic heterocycles. The Morgan fingerprint density at radius 3 is 2.71 bits per heavy atom. The monoisotopic (exact) mass is 393 g/mol. The smallest absolute Gasteiger partial charge is 0.338 e. The molecule has 1 aliphatic carbocycles. The summed E-state index contributed by atoms with van der Waals surface area (Å²) in [6.07, 6.45) is 4.23. The van der Waals surface area contributed by atoms with Crippen LogP contribution in [0.3, 0.4) is 0 Å². The molecular weight excluding hydrogens is 366 g/mol. The molecule has 0 spiro atoms. The summed E-state index contributed by atoms with van der Waals surface area (Å²) in [6, 6.07) is 4.09. The molecule has 1 aromatic carbocycles. The Hall–Kier alpha value is -2.68. The molecule has 1 aliphatic rings. The molecule has 0 radical (unpaired) electrons. The summed E-state index contributed by atoms with van der Waals surface area (Å²) in [5, 5.41) is 17.0. The third-order valence-corrected chi connectivity index (χ3v) is 4.84. The molecule has 9 heteroatoms. The fraction of sp³-hybridized carbons (Fsp3) is 0.579. The summed E-state index contributed by atoms with van der Waals surface area (Å²) in [5.74, 6) is -0.743. The number of hydrogen-bond acceptors (Lipinski definition) is 7. The van der Waals surface area contributed by atoms with Crippen LogP contribution in [0.4, 0.5) is 11.4 Å². The van der Waals surface area contributed by atoms with Crippen LogP contribution in [0, 0.1) is 16.0 Å². The second kappa shape index (κ2) is 10.6. The van der Waals surface area contributed by atoms with Crippen LogP contribution >= 0.6 is 0 Å². The maximum Gasteiger partial charge on any atom is 0.338 e. The maximum absolute atomic E-state index is 12.2. The number of nitrogens with zero attached hydrogens (tertiary/aromatic N) is 1. The number of nitro benzene ring substituents is 1. The highest BCUT2D eigenvalue weighted by molar-refractivity contribution is 5.93. The van der Waals surface area contributed by atoms with E-state index in [-0.39, 0.29) is 28.9 Å². The number of benzene rings is 1. The van der Waals surface area contributed by atoms with Gasteiger partial charge in [-0.1, -0.05) is 19.8 Å². The van der Waals surface area contributed by atoms with Crippen molar-refractivity contribution in [2.75, 3.05) is 32.2 Å². The lowest BCUT2D eigenvalue weighted by Crippen LogP contribution is -2.42. The zero-order valence-electron chi connectivity index (χ0n) is 16.2. The summed E-state index contributed by atoms with van der Waals surface area (Å²) in [4.78, 5) is 34.9. The number of nitrogens with one attached hydrogen (secondary N) is 2. The van der Waals surface area contributed by atoms with Gasteiger partial charge in [-0.3, -0.25) is 14.9 Å². The minimum Gasteiger partial charge on any atom is -0.452 e. The predicted molar refractivity (Wildman–Crippen MR) is 103 cm³/mol. The first kappa shape index (κ1) is 21.6. The van der Waals surface area contributed by atoms with Gasteiger partial charge in [-0.05, 0) is 30.9 Å². The molecule has 0 heterocycles. The van der Waals surface area contributed by atoms with Gasteiger partial charge in [0.2, 0.25) is 0 Å². The first-order chi connectivity index (χ1) is 13.4. The normalized spacial score (nSPS) is 18.9. The topological polar surface area (TPSA) is 120 Å². The van der Waals surface area contributed by atoms with E-state index in [0.29, 0.717) is 19.1 Å². The number of hydrogen-bond donors (Lipinski definition) is 2. The first-order valence-corrected chi connectivity index (χ1v) is 9.40.